The summed E-state index contributed by atoms with van der Waals surface area (Å²) in [5.74, 6) is -2.24. The number of aryl methyl sites for hydroxylation is 1. The molecule has 2 aliphatic carbocycles. The summed E-state index contributed by atoms with van der Waals surface area (Å²) in [7, 11) is 1.93. The Morgan fingerprint density at radius 3 is 1.37 bits per heavy atom. The minimum atomic E-state index is -3.44. The second-order valence-corrected chi connectivity index (χ2v) is 32.4. The average molecular weight is 1450 g/mol. The average Bonchev–Trinajstić information content (AvgIpc) is 1.58. The van der Waals surface area contributed by atoms with Crippen LogP contribution in [0.25, 0.3) is 42.4 Å². The van der Waals surface area contributed by atoms with Crippen molar-refractivity contribution in [2.75, 3.05) is 40.8 Å². The van der Waals surface area contributed by atoms with Crippen LogP contribution in [0, 0.1) is 30.2 Å². The molecule has 0 radical (unpaired) electrons. The molecule has 0 bridgehead atoms. The maximum atomic E-state index is 14.9. The van der Waals surface area contributed by atoms with Crippen molar-refractivity contribution < 1.29 is 68.3 Å². The molecule has 98 heavy (non-hydrogen) atoms. The van der Waals surface area contributed by atoms with Gasteiger partial charge in [0.1, 0.15) is 50.8 Å². The third-order valence-electron chi connectivity index (χ3n) is 17.6. The van der Waals surface area contributed by atoms with E-state index < -0.39 is 73.2 Å². The quantitative estimate of drug-likeness (QED) is 0.0844. The van der Waals surface area contributed by atoms with Crippen LogP contribution in [0.1, 0.15) is 136 Å². The van der Waals surface area contributed by atoms with Gasteiger partial charge in [-0.3, -0.25) is 13.8 Å². The Bertz CT molecular complexity index is 4420. The van der Waals surface area contributed by atoms with E-state index in [1.807, 2.05) is 96.1 Å². The highest BCUT2D eigenvalue weighted by Crippen LogP contribution is 2.43. The van der Waals surface area contributed by atoms with E-state index in [-0.39, 0.29) is 90.4 Å². The number of methoxy groups -OCH3 is 2. The summed E-state index contributed by atoms with van der Waals surface area (Å²) in [5, 5.41) is -0.132. The lowest BCUT2D eigenvalue weighted by Gasteiger charge is -2.40. The van der Waals surface area contributed by atoms with Gasteiger partial charge >= 0.3 is 12.2 Å². The molecule has 2 saturated carbocycles. The number of nitrogens with zero attached hydrogens (tertiary/aromatic N) is 4. The summed E-state index contributed by atoms with van der Waals surface area (Å²) >= 11 is 8.40. The van der Waals surface area contributed by atoms with Crippen LogP contribution in [0.3, 0.4) is 0 Å². The smallest absolute Gasteiger partial charge is 0.410 e. The molecule has 0 aliphatic heterocycles. The summed E-state index contributed by atoms with van der Waals surface area (Å²) in [6, 6.07) is 28.7. The van der Waals surface area contributed by atoms with E-state index in [2.05, 4.69) is 0 Å². The van der Waals surface area contributed by atoms with Gasteiger partial charge in [0.15, 0.2) is 9.84 Å². The Morgan fingerprint density at radius 2 is 0.949 bits per heavy atom. The second-order valence-electron chi connectivity index (χ2n) is 26.6. The number of benzene rings is 6. The number of carbonyl (C=O) groups is 4. The van der Waals surface area contributed by atoms with Crippen LogP contribution in [0.2, 0.25) is 5.02 Å². The van der Waals surface area contributed by atoms with E-state index >= 15 is 0 Å². The minimum absolute atomic E-state index is 0. The largest absolute Gasteiger partial charge is 0.496 e. The summed E-state index contributed by atoms with van der Waals surface area (Å²) in [5.41, 5.74) is 3.63. The molecule has 8 aromatic rings. The van der Waals surface area contributed by atoms with Crippen LogP contribution in [0.5, 0.6) is 11.5 Å². The molecule has 15 nitrogen and oxygen atoms in total. The van der Waals surface area contributed by atoms with E-state index in [0.717, 1.165) is 69.9 Å². The Kier molecular flexibility index (Phi) is 24.3. The van der Waals surface area contributed by atoms with Gasteiger partial charge in [-0.1, -0.05) is 55.4 Å². The van der Waals surface area contributed by atoms with Gasteiger partial charge in [-0.2, -0.15) is 0 Å². The lowest BCUT2D eigenvalue weighted by molar-refractivity contribution is 0.0138. The van der Waals surface area contributed by atoms with Crippen molar-refractivity contribution in [3.05, 3.63) is 164 Å². The Hall–Kier alpha value is -7.57. The monoisotopic (exact) mass is 1440 g/mol. The van der Waals surface area contributed by atoms with Gasteiger partial charge in [-0.15, -0.1) is 22.7 Å². The highest BCUT2D eigenvalue weighted by atomic mass is 35.5. The molecule has 10 rings (SSSR count). The van der Waals surface area contributed by atoms with Crippen molar-refractivity contribution >= 4 is 99.1 Å². The van der Waals surface area contributed by atoms with Crippen LogP contribution in [0.4, 0.5) is 27.2 Å². The number of rotatable bonds is 16. The topological polar surface area (TPSA) is 169 Å². The van der Waals surface area contributed by atoms with Crippen molar-refractivity contribution in [2.45, 2.75) is 166 Å². The van der Waals surface area contributed by atoms with Crippen LogP contribution in [-0.2, 0) is 43.2 Å². The van der Waals surface area contributed by atoms with E-state index in [1.54, 1.807) is 84.3 Å². The molecule has 0 saturated heterocycles. The number of fused-ring (bicyclic) bond motifs is 2. The molecule has 526 valence electrons. The first-order valence-electron chi connectivity index (χ1n) is 31.7. The van der Waals surface area contributed by atoms with Gasteiger partial charge in [-0.05, 0) is 200 Å². The van der Waals surface area contributed by atoms with E-state index in [9.17, 15) is 49.4 Å². The summed E-state index contributed by atoms with van der Waals surface area (Å²) in [6.07, 6.45) is 6.74. The first kappa shape index (κ1) is 76.2. The van der Waals surface area contributed by atoms with Gasteiger partial charge in [0.05, 0.1) is 43.8 Å². The predicted octanol–water partition coefficient (Wildman–Crippen LogP) is 18.1. The van der Waals surface area contributed by atoms with E-state index in [1.165, 1.54) is 7.11 Å². The molecule has 2 heterocycles. The molecule has 0 spiro atoms. The number of carbonyl (C=O) groups excluding carboxylic acids is 4. The van der Waals surface area contributed by atoms with Crippen LogP contribution >= 0.6 is 34.3 Å². The van der Waals surface area contributed by atoms with E-state index in [0.29, 0.717) is 90.0 Å². The maximum absolute atomic E-state index is 14.9. The summed E-state index contributed by atoms with van der Waals surface area (Å²) in [4.78, 5) is 62.5. The fraction of sp³-hybridized carbons (Fsp3) is 0.405. The Morgan fingerprint density at radius 1 is 0.561 bits per heavy atom. The Balaban J connectivity index is 0.000000248. The van der Waals surface area contributed by atoms with Gasteiger partial charge < -0.3 is 38.5 Å². The van der Waals surface area contributed by atoms with Crippen molar-refractivity contribution in [2.24, 2.45) is 0 Å². The number of halogens is 5. The van der Waals surface area contributed by atoms with Crippen LogP contribution < -0.4 is 9.47 Å². The molecule has 2 fully saturated rings. The van der Waals surface area contributed by atoms with E-state index in [4.69, 9.17) is 30.5 Å². The lowest BCUT2D eigenvalue weighted by atomic mass is 9.89. The molecule has 1 unspecified atom stereocenters. The van der Waals surface area contributed by atoms with Crippen LogP contribution in [0.15, 0.2) is 119 Å². The second kappa shape index (κ2) is 31.3. The zero-order valence-electron chi connectivity index (χ0n) is 56.6. The molecule has 2 aliphatic rings. The van der Waals surface area contributed by atoms with Crippen molar-refractivity contribution in [1.29, 1.82) is 0 Å². The standard InChI is InChI=1S/C37H42F2N2O6S2.C36H39ClF2N2O5S2.CH4/c1-22-32-29(38)16-17-30(39)34(32)48-33(22)35(42)41(27-14-12-26(13-15-27)40(5)36(43)47-37(2,3)4)21-25-19-24(11-18-31(25)46-6)23-9-8-10-28(20-23)49(7,44)45;1-36(2,3)46-35(43)40(4)24-11-13-25(14-12-24)41(34(42)33-31(37)30-27(38)15-16-28(39)32(30)47-33)20-23-18-22(10-17-29(23)45-5)21-8-7-9-26(19-21)48(6)44;/h8-11,16-20,26-27H,12-15,21H2,1-7H3;7-10,15-19,24-25H,11-14,20H2,1-6H3;1H4. The molecular weight excluding hydrogens is 1360 g/mol. The Labute approximate surface area is 587 Å². The molecular formula is C74H85ClF4N4O11S4. The SMILES string of the molecule is C.COc1ccc(-c2cccc(S(C)(=O)=O)c2)cc1CN(C(=O)c1sc2c(F)ccc(F)c2c1C)C1CCC(N(C)C(=O)OC(C)(C)C)CC1.COc1ccc(-c2cccc(S(C)=O)c2)cc1CN(C(=O)c1sc2c(F)ccc(F)c2c1Cl)C1CCC(N(C)C(=O)OC(C)(C)C)CC1. The van der Waals surface area contributed by atoms with Gasteiger partial charge in [0, 0.05) is 96.1 Å². The number of sulfone groups is 1. The van der Waals surface area contributed by atoms with Gasteiger partial charge in [0.25, 0.3) is 11.8 Å². The third-order valence-corrected chi connectivity index (χ3v) is 22.6. The molecule has 0 N–H and O–H groups in total. The number of ether oxygens (including phenoxy) is 4. The normalized spacial score (nSPS) is 16.8. The molecule has 6 aromatic carbocycles. The highest BCUT2D eigenvalue weighted by Gasteiger charge is 2.38. The van der Waals surface area contributed by atoms with Gasteiger partial charge in [0.2, 0.25) is 0 Å². The summed E-state index contributed by atoms with van der Waals surface area (Å²) < 4.78 is 119. The minimum Gasteiger partial charge on any atom is -0.496 e. The molecule has 2 aromatic heterocycles. The summed E-state index contributed by atoms with van der Waals surface area (Å²) in [6.45, 7) is 12.8. The zero-order chi connectivity index (χ0) is 70.7. The zero-order valence-corrected chi connectivity index (χ0v) is 60.6. The lowest BCUT2D eigenvalue weighted by Crippen LogP contribution is -2.47. The third kappa shape index (κ3) is 17.5. The fourth-order valence-electron chi connectivity index (χ4n) is 12.5. The highest BCUT2D eigenvalue weighted by molar-refractivity contribution is 7.90. The fourth-order valence-corrected chi connectivity index (χ4v) is 16.4. The predicted molar refractivity (Wildman–Crippen MR) is 382 cm³/mol. The number of hydrogen-bond donors (Lipinski definition) is 0. The molecule has 1 atom stereocenters. The molecule has 24 heteroatoms. The maximum Gasteiger partial charge on any atom is 0.410 e. The first-order chi connectivity index (χ1) is 45.7. The number of hydrogen-bond acceptors (Lipinski definition) is 13. The molecule has 4 amide bonds. The van der Waals surface area contributed by atoms with Gasteiger partial charge in [-0.25, -0.2) is 35.6 Å². The number of amides is 4. The number of thiophene rings is 2. The van der Waals surface area contributed by atoms with Crippen LogP contribution in [-0.4, -0.2) is 132 Å². The van der Waals surface area contributed by atoms with Crippen molar-refractivity contribution in [3.63, 3.8) is 0 Å². The van der Waals surface area contributed by atoms with Crippen molar-refractivity contribution in [3.8, 4) is 33.8 Å². The van der Waals surface area contributed by atoms with Crippen molar-refractivity contribution in [1.82, 2.24) is 19.6 Å². The first-order valence-corrected chi connectivity index (χ1v) is 37.2.